The van der Waals surface area contributed by atoms with Gasteiger partial charge >= 0.3 is 0 Å². The lowest BCUT2D eigenvalue weighted by Crippen LogP contribution is -2.55. The van der Waals surface area contributed by atoms with Crippen LogP contribution in [0.2, 0.25) is 0 Å². The lowest BCUT2D eigenvalue weighted by atomic mass is 9.97. The minimum atomic E-state index is -0.153. The Morgan fingerprint density at radius 3 is 2.53 bits per heavy atom. The summed E-state index contributed by atoms with van der Waals surface area (Å²) >= 11 is 0. The topological polar surface area (TPSA) is 38.7 Å². The fraction of sp³-hybridized carbons (Fsp3) is 1.00. The van der Waals surface area contributed by atoms with E-state index in [9.17, 15) is 5.11 Å². The second kappa shape index (κ2) is 7.58. The van der Waals surface area contributed by atoms with Gasteiger partial charge in [-0.05, 0) is 26.8 Å². The Morgan fingerprint density at radius 2 is 2.05 bits per heavy atom. The molecule has 2 atom stereocenters. The number of hydrogen-bond donors (Lipinski definition) is 2. The zero-order valence-electron chi connectivity index (χ0n) is 13.4. The van der Waals surface area contributed by atoms with Crippen LogP contribution in [0.1, 0.15) is 41.0 Å². The molecule has 1 rings (SSSR count). The van der Waals surface area contributed by atoms with Crippen LogP contribution in [0.5, 0.6) is 0 Å². The highest BCUT2D eigenvalue weighted by atomic mass is 16.3. The number of aliphatic hydroxyl groups excluding tert-OH is 1. The lowest BCUT2D eigenvalue weighted by molar-refractivity contribution is 0.0728. The monoisotopic (exact) mass is 271 g/mol. The molecule has 1 aliphatic rings. The summed E-state index contributed by atoms with van der Waals surface area (Å²) in [5.41, 5.74) is -0.153. The standard InChI is InChI=1S/C15H33N3O/c1-6-18-10-9-17(11-14(18)4)8-7-15(5,12-19)16-13(2)3/h13-14,16,19H,6-12H2,1-5H3. The number of piperazine rings is 1. The van der Waals surface area contributed by atoms with Crippen LogP contribution in [0.25, 0.3) is 0 Å². The molecule has 0 aromatic rings. The average molecular weight is 271 g/mol. The Kier molecular flexibility index (Phi) is 6.74. The summed E-state index contributed by atoms with van der Waals surface area (Å²) in [5.74, 6) is 0. The van der Waals surface area contributed by atoms with Crippen molar-refractivity contribution in [1.82, 2.24) is 15.1 Å². The van der Waals surface area contributed by atoms with Crippen LogP contribution in [-0.2, 0) is 0 Å². The molecule has 4 nitrogen and oxygen atoms in total. The van der Waals surface area contributed by atoms with Crippen molar-refractivity contribution in [3.8, 4) is 0 Å². The van der Waals surface area contributed by atoms with Gasteiger partial charge in [0.2, 0.25) is 0 Å². The summed E-state index contributed by atoms with van der Waals surface area (Å²) in [6, 6.07) is 1.06. The van der Waals surface area contributed by atoms with Crippen LogP contribution in [-0.4, -0.2) is 71.9 Å². The molecule has 0 bridgehead atoms. The quantitative estimate of drug-likeness (QED) is 0.729. The van der Waals surface area contributed by atoms with E-state index in [1.165, 1.54) is 6.54 Å². The Morgan fingerprint density at radius 1 is 1.37 bits per heavy atom. The molecule has 1 fully saturated rings. The predicted octanol–water partition coefficient (Wildman–Crippen LogP) is 1.15. The molecule has 2 N–H and O–H groups in total. The number of rotatable bonds is 7. The second-order valence-corrected chi connectivity index (χ2v) is 6.55. The van der Waals surface area contributed by atoms with Gasteiger partial charge in [0.1, 0.15) is 0 Å². The van der Waals surface area contributed by atoms with Crippen molar-refractivity contribution in [2.75, 3.05) is 39.3 Å². The van der Waals surface area contributed by atoms with E-state index < -0.39 is 0 Å². The van der Waals surface area contributed by atoms with E-state index in [0.717, 1.165) is 32.6 Å². The number of hydrogen-bond acceptors (Lipinski definition) is 4. The van der Waals surface area contributed by atoms with Gasteiger partial charge in [-0.2, -0.15) is 0 Å². The molecular weight excluding hydrogens is 238 g/mol. The highest BCUT2D eigenvalue weighted by Crippen LogP contribution is 2.14. The number of nitrogens with one attached hydrogen (secondary N) is 1. The van der Waals surface area contributed by atoms with Gasteiger partial charge in [-0.25, -0.2) is 0 Å². The summed E-state index contributed by atoms with van der Waals surface area (Å²) in [7, 11) is 0. The Labute approximate surface area is 119 Å². The molecular formula is C15H33N3O. The highest BCUT2D eigenvalue weighted by Gasteiger charge is 2.27. The van der Waals surface area contributed by atoms with E-state index in [4.69, 9.17) is 0 Å². The molecule has 2 unspecified atom stereocenters. The maximum absolute atomic E-state index is 9.61. The van der Waals surface area contributed by atoms with Crippen molar-refractivity contribution in [3.63, 3.8) is 0 Å². The predicted molar refractivity (Wildman–Crippen MR) is 81.5 cm³/mol. The largest absolute Gasteiger partial charge is 0.394 e. The molecule has 0 aromatic carbocycles. The van der Waals surface area contributed by atoms with Crippen LogP contribution < -0.4 is 5.32 Å². The minimum absolute atomic E-state index is 0.153. The summed E-state index contributed by atoms with van der Waals surface area (Å²) in [6.45, 7) is 16.8. The van der Waals surface area contributed by atoms with E-state index >= 15 is 0 Å². The van der Waals surface area contributed by atoms with Crippen molar-refractivity contribution >= 4 is 0 Å². The first kappa shape index (κ1) is 16.9. The van der Waals surface area contributed by atoms with E-state index in [2.05, 4.69) is 49.7 Å². The Hall–Kier alpha value is -0.160. The molecule has 1 heterocycles. The third kappa shape index (κ3) is 5.38. The van der Waals surface area contributed by atoms with Gasteiger partial charge in [-0.15, -0.1) is 0 Å². The van der Waals surface area contributed by atoms with Crippen LogP contribution in [0.3, 0.4) is 0 Å². The Bertz CT molecular complexity index is 260. The van der Waals surface area contributed by atoms with Crippen LogP contribution in [0.15, 0.2) is 0 Å². The summed E-state index contributed by atoms with van der Waals surface area (Å²) in [4.78, 5) is 5.07. The smallest absolute Gasteiger partial charge is 0.0611 e. The third-order valence-corrected chi connectivity index (χ3v) is 4.22. The molecule has 4 heteroatoms. The number of aliphatic hydroxyl groups is 1. The maximum atomic E-state index is 9.61. The first-order chi connectivity index (χ1) is 8.90. The zero-order chi connectivity index (χ0) is 14.5. The SMILES string of the molecule is CCN1CCN(CCC(C)(CO)NC(C)C)CC1C. The maximum Gasteiger partial charge on any atom is 0.0611 e. The molecule has 19 heavy (non-hydrogen) atoms. The van der Waals surface area contributed by atoms with Gasteiger partial charge in [0, 0.05) is 43.8 Å². The second-order valence-electron chi connectivity index (χ2n) is 6.55. The molecule has 0 saturated carbocycles. The Balaban J connectivity index is 2.39. The summed E-state index contributed by atoms with van der Waals surface area (Å²) in [5, 5.41) is 13.1. The van der Waals surface area contributed by atoms with Crippen molar-refractivity contribution in [2.24, 2.45) is 0 Å². The van der Waals surface area contributed by atoms with Gasteiger partial charge in [-0.1, -0.05) is 20.8 Å². The normalized spacial score (nSPS) is 25.7. The van der Waals surface area contributed by atoms with Gasteiger partial charge in [-0.3, -0.25) is 4.90 Å². The summed E-state index contributed by atoms with van der Waals surface area (Å²) in [6.07, 6.45) is 1.00. The van der Waals surface area contributed by atoms with E-state index in [1.807, 2.05) is 0 Å². The number of nitrogens with zero attached hydrogens (tertiary/aromatic N) is 2. The fourth-order valence-electron chi connectivity index (χ4n) is 3.04. The van der Waals surface area contributed by atoms with Crippen LogP contribution in [0, 0.1) is 0 Å². The van der Waals surface area contributed by atoms with E-state index in [0.29, 0.717) is 12.1 Å². The van der Waals surface area contributed by atoms with Gasteiger partial charge < -0.3 is 15.3 Å². The highest BCUT2D eigenvalue weighted by molar-refractivity contribution is 4.86. The molecule has 114 valence electrons. The van der Waals surface area contributed by atoms with E-state index in [1.54, 1.807) is 0 Å². The summed E-state index contributed by atoms with van der Waals surface area (Å²) < 4.78 is 0. The van der Waals surface area contributed by atoms with E-state index in [-0.39, 0.29) is 12.1 Å². The minimum Gasteiger partial charge on any atom is -0.394 e. The fourth-order valence-corrected chi connectivity index (χ4v) is 3.04. The zero-order valence-corrected chi connectivity index (χ0v) is 13.4. The van der Waals surface area contributed by atoms with Gasteiger partial charge in [0.05, 0.1) is 6.61 Å². The third-order valence-electron chi connectivity index (χ3n) is 4.22. The van der Waals surface area contributed by atoms with Crippen molar-refractivity contribution in [3.05, 3.63) is 0 Å². The molecule has 0 aliphatic carbocycles. The van der Waals surface area contributed by atoms with Gasteiger partial charge in [0.25, 0.3) is 0 Å². The molecule has 0 spiro atoms. The molecule has 0 aromatic heterocycles. The first-order valence-corrected chi connectivity index (χ1v) is 7.75. The molecule has 1 aliphatic heterocycles. The van der Waals surface area contributed by atoms with Crippen molar-refractivity contribution in [1.29, 1.82) is 0 Å². The van der Waals surface area contributed by atoms with Crippen molar-refractivity contribution < 1.29 is 5.11 Å². The van der Waals surface area contributed by atoms with Crippen molar-refractivity contribution in [2.45, 2.75) is 58.7 Å². The molecule has 0 amide bonds. The van der Waals surface area contributed by atoms with Gasteiger partial charge in [0.15, 0.2) is 0 Å². The number of likely N-dealkylation sites (N-methyl/N-ethyl adjacent to an activating group) is 1. The first-order valence-electron chi connectivity index (χ1n) is 7.75. The molecule has 0 radical (unpaired) electrons. The van der Waals surface area contributed by atoms with Crippen LogP contribution in [0.4, 0.5) is 0 Å². The molecule has 1 saturated heterocycles. The lowest BCUT2D eigenvalue weighted by Gasteiger charge is -2.41. The van der Waals surface area contributed by atoms with Crippen LogP contribution >= 0.6 is 0 Å². The average Bonchev–Trinajstić information content (AvgIpc) is 2.36.